The minimum absolute atomic E-state index is 0.603. The van der Waals surface area contributed by atoms with Crippen LogP contribution in [-0.4, -0.2) is 70.5 Å². The minimum atomic E-state index is -3.28. The second-order valence-electron chi connectivity index (χ2n) is 9.06. The Morgan fingerprint density at radius 2 is 1.76 bits per heavy atom. The Labute approximate surface area is 200 Å². The summed E-state index contributed by atoms with van der Waals surface area (Å²) in [7, 11) is -3.28. The average Bonchev–Trinajstić information content (AvgIpc) is 3.23. The molecule has 0 radical (unpaired) electrons. The molecule has 1 aromatic heterocycles. The number of aromatic amines is 1. The predicted octanol–water partition coefficient (Wildman–Crippen LogP) is 3.46. The number of H-pyrrole nitrogens is 1. The molecular formula is C25H32N4O4S. The number of fused-ring (bicyclic) bond motifs is 2. The number of anilines is 2. The molecule has 3 aromatic rings. The Hall–Kier alpha value is -2.91. The summed E-state index contributed by atoms with van der Waals surface area (Å²) < 4.78 is 37.0. The molecular weight excluding hydrogens is 452 g/mol. The van der Waals surface area contributed by atoms with E-state index < -0.39 is 10.0 Å². The van der Waals surface area contributed by atoms with Crippen LogP contribution in [0.25, 0.3) is 10.9 Å². The summed E-state index contributed by atoms with van der Waals surface area (Å²) in [5, 5.41) is 1.08. The summed E-state index contributed by atoms with van der Waals surface area (Å²) in [4.78, 5) is 8.26. The van der Waals surface area contributed by atoms with E-state index in [-0.39, 0.29) is 0 Å². The first-order valence-corrected chi connectivity index (χ1v) is 13.8. The quantitative estimate of drug-likeness (QED) is 0.476. The molecule has 1 saturated heterocycles. The molecule has 0 aliphatic carbocycles. The van der Waals surface area contributed by atoms with Gasteiger partial charge >= 0.3 is 0 Å². The Bertz CT molecular complexity index is 1250. The van der Waals surface area contributed by atoms with Gasteiger partial charge in [-0.3, -0.25) is 9.62 Å². The van der Waals surface area contributed by atoms with Crippen molar-refractivity contribution in [3.8, 4) is 11.5 Å². The molecule has 34 heavy (non-hydrogen) atoms. The largest absolute Gasteiger partial charge is 0.486 e. The van der Waals surface area contributed by atoms with E-state index in [1.165, 1.54) is 17.5 Å². The van der Waals surface area contributed by atoms with Crippen LogP contribution in [0.4, 0.5) is 11.4 Å². The third-order valence-corrected chi connectivity index (χ3v) is 7.11. The zero-order chi connectivity index (χ0) is 23.5. The lowest BCUT2D eigenvalue weighted by molar-refractivity contribution is 0.171. The first-order chi connectivity index (χ1) is 16.4. The van der Waals surface area contributed by atoms with Crippen molar-refractivity contribution in [2.24, 2.45) is 0 Å². The number of hydrogen-bond acceptors (Lipinski definition) is 6. The summed E-state index contributed by atoms with van der Waals surface area (Å²) in [6, 6.07) is 11.9. The summed E-state index contributed by atoms with van der Waals surface area (Å²) in [6.07, 6.45) is 6.42. The smallest absolute Gasteiger partial charge is 0.229 e. The van der Waals surface area contributed by atoms with Gasteiger partial charge in [0.25, 0.3) is 0 Å². The van der Waals surface area contributed by atoms with Gasteiger partial charge in [0.2, 0.25) is 10.0 Å². The van der Waals surface area contributed by atoms with Gasteiger partial charge in [-0.1, -0.05) is 0 Å². The highest BCUT2D eigenvalue weighted by Gasteiger charge is 2.19. The Balaban J connectivity index is 1.09. The van der Waals surface area contributed by atoms with Crippen LogP contribution in [0.2, 0.25) is 0 Å². The van der Waals surface area contributed by atoms with Crippen molar-refractivity contribution < 1.29 is 17.9 Å². The van der Waals surface area contributed by atoms with Gasteiger partial charge in [-0.15, -0.1) is 0 Å². The first kappa shape index (κ1) is 22.9. The van der Waals surface area contributed by atoms with E-state index >= 15 is 0 Å². The molecule has 2 N–H and O–H groups in total. The van der Waals surface area contributed by atoms with E-state index in [4.69, 9.17) is 9.47 Å². The van der Waals surface area contributed by atoms with Crippen molar-refractivity contribution in [3.05, 3.63) is 48.2 Å². The van der Waals surface area contributed by atoms with E-state index in [1.54, 1.807) is 6.07 Å². The highest BCUT2D eigenvalue weighted by molar-refractivity contribution is 7.92. The Morgan fingerprint density at radius 1 is 0.971 bits per heavy atom. The molecule has 3 heterocycles. The maximum Gasteiger partial charge on any atom is 0.229 e. The van der Waals surface area contributed by atoms with Gasteiger partial charge in [0.05, 0.1) is 6.26 Å². The molecule has 2 aromatic carbocycles. The van der Waals surface area contributed by atoms with Gasteiger partial charge in [0, 0.05) is 60.7 Å². The fourth-order valence-corrected chi connectivity index (χ4v) is 5.33. The van der Waals surface area contributed by atoms with E-state index in [0.717, 1.165) is 74.4 Å². The van der Waals surface area contributed by atoms with Crippen LogP contribution in [0.1, 0.15) is 18.4 Å². The van der Waals surface area contributed by atoms with Crippen LogP contribution >= 0.6 is 0 Å². The molecule has 0 spiro atoms. The molecule has 0 bridgehead atoms. The van der Waals surface area contributed by atoms with E-state index in [0.29, 0.717) is 18.9 Å². The number of hydrogen-bond donors (Lipinski definition) is 2. The number of nitrogens with zero attached hydrogens (tertiary/aromatic N) is 2. The molecule has 1 fully saturated rings. The fraction of sp³-hybridized carbons (Fsp3) is 0.440. The van der Waals surface area contributed by atoms with E-state index in [1.807, 2.05) is 24.4 Å². The van der Waals surface area contributed by atoms with Crippen LogP contribution in [0.15, 0.2) is 42.6 Å². The van der Waals surface area contributed by atoms with E-state index in [2.05, 4.69) is 31.6 Å². The topological polar surface area (TPSA) is 86.9 Å². The van der Waals surface area contributed by atoms with Gasteiger partial charge in [-0.25, -0.2) is 8.42 Å². The predicted molar refractivity (Wildman–Crippen MR) is 136 cm³/mol. The van der Waals surface area contributed by atoms with Gasteiger partial charge in [0.1, 0.15) is 13.2 Å². The molecule has 9 heteroatoms. The number of ether oxygens (including phenoxy) is 2. The number of piperazine rings is 1. The molecule has 2 aliphatic heterocycles. The van der Waals surface area contributed by atoms with Gasteiger partial charge in [0.15, 0.2) is 11.5 Å². The standard InChI is InChI=1S/C25H32N4O4S/c1-34(30,31)27-20-5-7-23-22(16-20)19(18-26-23)4-2-3-9-28-10-12-29(13-11-28)21-6-8-24-25(17-21)33-15-14-32-24/h5-8,16-18,26-27H,2-4,9-15H2,1H3. The number of sulfonamides is 1. The highest BCUT2D eigenvalue weighted by Crippen LogP contribution is 2.34. The van der Waals surface area contributed by atoms with E-state index in [9.17, 15) is 8.42 Å². The summed E-state index contributed by atoms with van der Waals surface area (Å²) in [5.74, 6) is 1.69. The average molecular weight is 485 g/mol. The van der Waals surface area contributed by atoms with Crippen LogP contribution in [-0.2, 0) is 16.4 Å². The summed E-state index contributed by atoms with van der Waals surface area (Å²) in [6.45, 7) is 6.47. The van der Waals surface area contributed by atoms with Crippen LogP contribution in [0.3, 0.4) is 0 Å². The molecule has 0 atom stereocenters. The number of aryl methyl sites for hydroxylation is 1. The lowest BCUT2D eigenvalue weighted by atomic mass is 10.1. The third-order valence-electron chi connectivity index (χ3n) is 6.50. The van der Waals surface area contributed by atoms with Crippen LogP contribution in [0.5, 0.6) is 11.5 Å². The fourth-order valence-electron chi connectivity index (χ4n) is 4.77. The maximum atomic E-state index is 11.5. The lowest BCUT2D eigenvalue weighted by Crippen LogP contribution is -2.46. The second-order valence-corrected chi connectivity index (χ2v) is 10.8. The van der Waals surface area contributed by atoms with Gasteiger partial charge in [-0.05, 0) is 61.7 Å². The molecule has 0 saturated carbocycles. The number of nitrogens with one attached hydrogen (secondary N) is 2. The number of aromatic nitrogens is 1. The van der Waals surface area contributed by atoms with Crippen molar-refractivity contribution >= 4 is 32.3 Å². The second kappa shape index (κ2) is 9.76. The van der Waals surface area contributed by atoms with Crippen molar-refractivity contribution in [1.82, 2.24) is 9.88 Å². The number of rotatable bonds is 8. The summed E-state index contributed by atoms with van der Waals surface area (Å²) >= 11 is 0. The van der Waals surface area contributed by atoms with Crippen LogP contribution in [0, 0.1) is 0 Å². The van der Waals surface area contributed by atoms with Gasteiger partial charge in [-0.2, -0.15) is 0 Å². The lowest BCUT2D eigenvalue weighted by Gasteiger charge is -2.36. The molecule has 5 rings (SSSR count). The molecule has 0 amide bonds. The normalized spacial score (nSPS) is 16.7. The minimum Gasteiger partial charge on any atom is -0.486 e. The van der Waals surface area contributed by atoms with Crippen molar-refractivity contribution in [1.29, 1.82) is 0 Å². The first-order valence-electron chi connectivity index (χ1n) is 11.9. The molecule has 2 aliphatic rings. The SMILES string of the molecule is CS(=O)(=O)Nc1ccc2[nH]cc(CCCCN3CCN(c4ccc5c(c4)OCCO5)CC3)c2c1. The summed E-state index contributed by atoms with van der Waals surface area (Å²) in [5.41, 5.74) is 4.07. The maximum absolute atomic E-state index is 11.5. The monoisotopic (exact) mass is 484 g/mol. The Kier molecular flexibility index (Phi) is 6.56. The third kappa shape index (κ3) is 5.42. The molecule has 8 nitrogen and oxygen atoms in total. The van der Waals surface area contributed by atoms with Crippen LogP contribution < -0.4 is 19.1 Å². The number of unbranched alkanes of at least 4 members (excludes halogenated alkanes) is 1. The Morgan fingerprint density at radius 3 is 2.56 bits per heavy atom. The highest BCUT2D eigenvalue weighted by atomic mass is 32.2. The van der Waals surface area contributed by atoms with Crippen molar-refractivity contribution in [2.75, 3.05) is 61.8 Å². The molecule has 0 unspecified atom stereocenters. The van der Waals surface area contributed by atoms with Gasteiger partial charge < -0.3 is 19.4 Å². The number of benzene rings is 2. The molecule has 182 valence electrons. The zero-order valence-electron chi connectivity index (χ0n) is 19.5. The van der Waals surface area contributed by atoms with Crippen molar-refractivity contribution in [2.45, 2.75) is 19.3 Å². The van der Waals surface area contributed by atoms with Crippen molar-refractivity contribution in [3.63, 3.8) is 0 Å². The zero-order valence-corrected chi connectivity index (χ0v) is 20.4.